The van der Waals surface area contributed by atoms with E-state index in [2.05, 4.69) is 66.4 Å². The average molecular weight is 578 g/mol. The van der Waals surface area contributed by atoms with Crippen LogP contribution in [0.15, 0.2) is 98.3 Å². The Morgan fingerprint density at radius 3 is 2.32 bits per heavy atom. The van der Waals surface area contributed by atoms with Crippen molar-refractivity contribution in [1.29, 1.82) is 0 Å². The number of carbonyl (C=O) groups is 1. The lowest BCUT2D eigenvalue weighted by Gasteiger charge is -2.11. The van der Waals surface area contributed by atoms with Crippen molar-refractivity contribution in [2.75, 3.05) is 12.4 Å². The van der Waals surface area contributed by atoms with Crippen LogP contribution in [0.2, 0.25) is 0 Å². The number of ether oxygens (including phenoxy) is 1. The normalized spacial score (nSPS) is 10.9. The van der Waals surface area contributed by atoms with Crippen molar-refractivity contribution < 1.29 is 13.9 Å². The quantitative estimate of drug-likeness (QED) is 0.230. The molecule has 0 aliphatic heterocycles. The summed E-state index contributed by atoms with van der Waals surface area (Å²) in [4.78, 5) is 17.6. The second-order valence-corrected chi connectivity index (χ2v) is 9.34. The van der Waals surface area contributed by atoms with E-state index in [0.29, 0.717) is 38.5 Å². The fraction of sp³-hybridized carbons (Fsp3) is 0.0370. The smallest absolute Gasteiger partial charge is 0.259 e. The Labute approximate surface area is 213 Å². The maximum Gasteiger partial charge on any atom is 0.259 e. The van der Waals surface area contributed by atoms with E-state index < -0.39 is 0 Å². The molecular weight excluding hydrogens is 560 g/mol. The van der Waals surface area contributed by atoms with Crippen molar-refractivity contribution in [2.45, 2.75) is 0 Å². The van der Waals surface area contributed by atoms with Crippen LogP contribution in [0.1, 0.15) is 10.4 Å². The summed E-state index contributed by atoms with van der Waals surface area (Å²) >= 11 is 6.85. The largest absolute Gasteiger partial charge is 0.495 e. The second kappa shape index (κ2) is 9.44. The highest BCUT2D eigenvalue weighted by Crippen LogP contribution is 2.34. The molecule has 0 bridgehead atoms. The Kier molecular flexibility index (Phi) is 6.22. The fourth-order valence-electron chi connectivity index (χ4n) is 3.70. The van der Waals surface area contributed by atoms with Crippen LogP contribution in [0.4, 0.5) is 5.69 Å². The van der Waals surface area contributed by atoms with Gasteiger partial charge in [-0.25, -0.2) is 4.98 Å². The summed E-state index contributed by atoms with van der Waals surface area (Å²) in [6.45, 7) is 0. The molecule has 1 heterocycles. The zero-order valence-corrected chi connectivity index (χ0v) is 21.2. The lowest BCUT2D eigenvalue weighted by molar-refractivity contribution is 0.102. The summed E-state index contributed by atoms with van der Waals surface area (Å²) in [7, 11) is 1.53. The first-order valence-electron chi connectivity index (χ1n) is 10.4. The van der Waals surface area contributed by atoms with E-state index in [0.717, 1.165) is 21.2 Å². The topological polar surface area (TPSA) is 64.4 Å². The third-order valence-electron chi connectivity index (χ3n) is 5.34. The lowest BCUT2D eigenvalue weighted by Crippen LogP contribution is -2.13. The van der Waals surface area contributed by atoms with Gasteiger partial charge in [0.05, 0.1) is 17.1 Å². The number of halogens is 2. The van der Waals surface area contributed by atoms with Gasteiger partial charge in [0.25, 0.3) is 5.91 Å². The van der Waals surface area contributed by atoms with E-state index in [1.807, 2.05) is 36.4 Å². The van der Waals surface area contributed by atoms with Crippen molar-refractivity contribution in [3.63, 3.8) is 0 Å². The van der Waals surface area contributed by atoms with E-state index in [1.54, 1.807) is 24.3 Å². The molecule has 5 rings (SSSR count). The van der Waals surface area contributed by atoms with Gasteiger partial charge < -0.3 is 14.5 Å². The van der Waals surface area contributed by atoms with E-state index in [1.165, 1.54) is 7.11 Å². The number of carbonyl (C=O) groups excluding carboxylic acids is 1. The summed E-state index contributed by atoms with van der Waals surface area (Å²) in [5.41, 5.74) is 5.47. The number of amides is 1. The SMILES string of the molecule is COc1c(Br)cc(Br)cc1C(=O)Nc1ccc2oc(-c3ccc(-c4ccccc4)cc3)nc2c1. The predicted octanol–water partition coefficient (Wildman–Crippen LogP) is 7.95. The number of anilines is 1. The molecule has 34 heavy (non-hydrogen) atoms. The first-order chi connectivity index (χ1) is 16.5. The number of hydrogen-bond acceptors (Lipinski definition) is 4. The van der Waals surface area contributed by atoms with Gasteiger partial charge in [0.15, 0.2) is 5.58 Å². The Bertz CT molecular complexity index is 1500. The third-order valence-corrected chi connectivity index (χ3v) is 6.39. The van der Waals surface area contributed by atoms with Gasteiger partial charge in [0, 0.05) is 15.7 Å². The fourth-order valence-corrected chi connectivity index (χ4v) is 5.09. The molecule has 0 aliphatic carbocycles. The number of hydrogen-bond donors (Lipinski definition) is 1. The molecule has 0 unspecified atom stereocenters. The monoisotopic (exact) mass is 576 g/mol. The first kappa shape index (κ1) is 22.4. The Morgan fingerprint density at radius 2 is 1.59 bits per heavy atom. The molecule has 5 nitrogen and oxygen atoms in total. The maximum absolute atomic E-state index is 12.9. The standard InChI is InChI=1S/C27H18Br2N2O3/c1-33-25-21(13-19(28)14-22(25)29)26(32)30-20-11-12-24-23(15-20)31-27(34-24)18-9-7-17(8-10-18)16-5-3-2-4-6-16/h2-15H,1H3,(H,30,32). The van der Waals surface area contributed by atoms with E-state index >= 15 is 0 Å². The molecule has 0 fully saturated rings. The van der Waals surface area contributed by atoms with Crippen LogP contribution in [0, 0.1) is 0 Å². The van der Waals surface area contributed by atoms with Gasteiger partial charge in [0.2, 0.25) is 5.89 Å². The first-order valence-corrected chi connectivity index (χ1v) is 12.0. The van der Waals surface area contributed by atoms with Crippen LogP contribution in [0.5, 0.6) is 5.75 Å². The molecule has 0 spiro atoms. The Hall–Kier alpha value is -3.42. The minimum absolute atomic E-state index is 0.293. The maximum atomic E-state index is 12.9. The van der Waals surface area contributed by atoms with Gasteiger partial charge in [-0.3, -0.25) is 4.79 Å². The van der Waals surface area contributed by atoms with Gasteiger partial charge in [-0.15, -0.1) is 0 Å². The molecule has 5 aromatic rings. The van der Waals surface area contributed by atoms with Crippen molar-refractivity contribution in [3.8, 4) is 28.3 Å². The third kappa shape index (κ3) is 4.49. The number of benzene rings is 4. The number of fused-ring (bicyclic) bond motifs is 1. The minimum atomic E-state index is -0.293. The summed E-state index contributed by atoms with van der Waals surface area (Å²) in [6.07, 6.45) is 0. The molecule has 4 aromatic carbocycles. The molecule has 0 aliphatic rings. The molecule has 0 radical (unpaired) electrons. The zero-order chi connectivity index (χ0) is 23.7. The highest BCUT2D eigenvalue weighted by molar-refractivity contribution is 9.11. The average Bonchev–Trinajstić information content (AvgIpc) is 3.28. The zero-order valence-electron chi connectivity index (χ0n) is 18.0. The second-order valence-electron chi connectivity index (χ2n) is 7.57. The van der Waals surface area contributed by atoms with Gasteiger partial charge in [-0.1, -0.05) is 58.4 Å². The van der Waals surface area contributed by atoms with E-state index in [9.17, 15) is 4.79 Å². The van der Waals surface area contributed by atoms with Gasteiger partial charge in [-0.05, 0) is 69.5 Å². The van der Waals surface area contributed by atoms with Gasteiger partial charge in [-0.2, -0.15) is 0 Å². The highest BCUT2D eigenvalue weighted by atomic mass is 79.9. The molecule has 1 aromatic heterocycles. The summed E-state index contributed by atoms with van der Waals surface area (Å²) < 4.78 is 12.8. The lowest BCUT2D eigenvalue weighted by atomic mass is 10.0. The molecule has 0 saturated carbocycles. The summed E-state index contributed by atoms with van der Waals surface area (Å²) in [6, 6.07) is 27.2. The van der Waals surface area contributed by atoms with Crippen LogP contribution in [-0.4, -0.2) is 18.0 Å². The molecule has 168 valence electrons. The number of oxazole rings is 1. The van der Waals surface area contributed by atoms with Crippen molar-refractivity contribution in [2.24, 2.45) is 0 Å². The van der Waals surface area contributed by atoms with Crippen molar-refractivity contribution >= 4 is 54.6 Å². The van der Waals surface area contributed by atoms with Crippen LogP contribution in [-0.2, 0) is 0 Å². The Balaban J connectivity index is 1.40. The molecule has 0 atom stereocenters. The summed E-state index contributed by atoms with van der Waals surface area (Å²) in [5, 5.41) is 2.91. The van der Waals surface area contributed by atoms with Crippen LogP contribution in [0.3, 0.4) is 0 Å². The number of nitrogens with one attached hydrogen (secondary N) is 1. The number of nitrogens with zero attached hydrogens (tertiary/aromatic N) is 1. The molecule has 7 heteroatoms. The molecular formula is C27H18Br2N2O3. The van der Waals surface area contributed by atoms with Crippen molar-refractivity contribution in [3.05, 3.63) is 99.4 Å². The highest BCUT2D eigenvalue weighted by Gasteiger charge is 2.17. The van der Waals surface area contributed by atoms with Crippen LogP contribution >= 0.6 is 31.9 Å². The predicted molar refractivity (Wildman–Crippen MR) is 141 cm³/mol. The van der Waals surface area contributed by atoms with Gasteiger partial charge >= 0.3 is 0 Å². The van der Waals surface area contributed by atoms with Crippen LogP contribution < -0.4 is 10.1 Å². The minimum Gasteiger partial charge on any atom is -0.495 e. The number of rotatable bonds is 5. The number of aromatic nitrogens is 1. The molecule has 1 amide bonds. The van der Waals surface area contributed by atoms with Crippen LogP contribution in [0.25, 0.3) is 33.7 Å². The Morgan fingerprint density at radius 1 is 0.882 bits per heavy atom. The molecule has 1 N–H and O–H groups in total. The van der Waals surface area contributed by atoms with E-state index in [4.69, 9.17) is 9.15 Å². The van der Waals surface area contributed by atoms with Crippen molar-refractivity contribution in [1.82, 2.24) is 4.98 Å². The molecule has 0 saturated heterocycles. The van der Waals surface area contributed by atoms with E-state index in [-0.39, 0.29) is 5.91 Å². The van der Waals surface area contributed by atoms with Gasteiger partial charge in [0.1, 0.15) is 11.3 Å². The number of methoxy groups -OCH3 is 1. The summed E-state index contributed by atoms with van der Waals surface area (Å²) in [5.74, 6) is 0.693.